The van der Waals surface area contributed by atoms with E-state index in [1.54, 1.807) is 11.3 Å². The zero-order valence-corrected chi connectivity index (χ0v) is 30.6. The molecule has 0 radical (unpaired) electrons. The van der Waals surface area contributed by atoms with Gasteiger partial charge in [-0.1, -0.05) is 140 Å². The smallest absolute Gasteiger partial charge is 0.155 e. The molecule has 2 unspecified atom stereocenters. The monoisotopic (exact) mass is 712 g/mol. The van der Waals surface area contributed by atoms with E-state index in [1.807, 2.05) is 0 Å². The maximum Gasteiger partial charge on any atom is 0.155 e. The Balaban J connectivity index is 1.08. The number of aliphatic imine (C=N–C) groups is 2. The van der Waals surface area contributed by atoms with Gasteiger partial charge in [0.05, 0.1) is 33.0 Å². The summed E-state index contributed by atoms with van der Waals surface area (Å²) >= 11 is 1.74. The molecule has 9 aromatic rings. The molecule has 7 aromatic carbocycles. The van der Waals surface area contributed by atoms with Gasteiger partial charge in [0, 0.05) is 33.5 Å². The summed E-state index contributed by atoms with van der Waals surface area (Å²) in [7, 11) is 0. The molecule has 54 heavy (non-hydrogen) atoms. The van der Waals surface area contributed by atoms with Crippen molar-refractivity contribution >= 4 is 54.9 Å². The normalized spacial score (nSPS) is 15.8. The fourth-order valence-corrected chi connectivity index (χ4v) is 8.98. The predicted molar refractivity (Wildman–Crippen MR) is 227 cm³/mol. The van der Waals surface area contributed by atoms with Crippen LogP contribution < -0.4 is 0 Å². The van der Waals surface area contributed by atoms with Crippen molar-refractivity contribution in [2.45, 2.75) is 19.4 Å². The lowest BCUT2D eigenvalue weighted by molar-refractivity contribution is 0.532. The molecule has 0 saturated heterocycles. The first kappa shape index (κ1) is 32.2. The molecule has 0 saturated carbocycles. The summed E-state index contributed by atoms with van der Waals surface area (Å²) in [6.07, 6.45) is 0.919. The minimum absolute atomic E-state index is 0.0444. The molecule has 3 heterocycles. The Kier molecular flexibility index (Phi) is 8.07. The Morgan fingerprint density at radius 3 is 2.06 bits per heavy atom. The van der Waals surface area contributed by atoms with Crippen molar-refractivity contribution in [1.29, 1.82) is 0 Å². The summed E-state index contributed by atoms with van der Waals surface area (Å²) in [5, 5.41) is 3.50. The van der Waals surface area contributed by atoms with Gasteiger partial charge in [0.25, 0.3) is 0 Å². The summed E-state index contributed by atoms with van der Waals surface area (Å²) in [4.78, 5) is 15.8. The van der Waals surface area contributed by atoms with Crippen LogP contribution in [0.3, 0.4) is 0 Å². The molecular weight excluding hydrogens is 677 g/mol. The molecule has 1 aliphatic heterocycles. The van der Waals surface area contributed by atoms with Crippen molar-refractivity contribution in [2.24, 2.45) is 15.9 Å². The third-order valence-electron chi connectivity index (χ3n) is 10.7. The quantitative estimate of drug-likeness (QED) is 0.162. The summed E-state index contributed by atoms with van der Waals surface area (Å²) in [5.74, 6) is 0.902. The Labute approximate surface area is 318 Å². The number of fused-ring (bicyclic) bond motifs is 4. The molecule has 0 aliphatic carbocycles. The van der Waals surface area contributed by atoms with E-state index in [2.05, 4.69) is 187 Å². The van der Waals surface area contributed by atoms with E-state index >= 15 is 0 Å². The molecule has 0 bridgehead atoms. The SMILES string of the molecule is CCC1C(c2ccc(-n3c4ccccc4c4ccc(-c5nc6ccccc6s5)cc43)cc2)=NC(c2cccc(-c3ccccc3)c2)=NC1c1ccccc1. The number of aromatic nitrogens is 2. The van der Waals surface area contributed by atoms with E-state index in [0.29, 0.717) is 0 Å². The number of hydrogen-bond acceptors (Lipinski definition) is 4. The number of nitrogens with zero attached hydrogens (tertiary/aromatic N) is 4. The molecule has 5 heteroatoms. The zero-order valence-electron chi connectivity index (χ0n) is 29.8. The number of benzene rings is 7. The second-order valence-electron chi connectivity index (χ2n) is 13.9. The van der Waals surface area contributed by atoms with Crippen LogP contribution in [0.4, 0.5) is 0 Å². The first-order chi connectivity index (χ1) is 26.7. The van der Waals surface area contributed by atoms with Crippen LogP contribution in [0.5, 0.6) is 0 Å². The summed E-state index contributed by atoms with van der Waals surface area (Å²) < 4.78 is 3.59. The van der Waals surface area contributed by atoms with Crippen LogP contribution in [0.2, 0.25) is 0 Å². The fraction of sp³-hybridized carbons (Fsp3) is 0.0816. The summed E-state index contributed by atoms with van der Waals surface area (Å²) in [5.41, 5.74) is 12.4. The van der Waals surface area contributed by atoms with Gasteiger partial charge in [0.2, 0.25) is 0 Å². The van der Waals surface area contributed by atoms with E-state index in [-0.39, 0.29) is 12.0 Å². The van der Waals surface area contributed by atoms with Crippen LogP contribution in [-0.4, -0.2) is 21.1 Å². The fourth-order valence-electron chi connectivity index (χ4n) is 8.02. The minimum atomic E-state index is -0.0444. The predicted octanol–water partition coefficient (Wildman–Crippen LogP) is 12.7. The summed E-state index contributed by atoms with van der Waals surface area (Å²) in [6, 6.07) is 62.6. The number of rotatable bonds is 7. The minimum Gasteiger partial charge on any atom is -0.309 e. The van der Waals surface area contributed by atoms with E-state index in [9.17, 15) is 0 Å². The van der Waals surface area contributed by atoms with Gasteiger partial charge in [-0.25, -0.2) is 9.98 Å². The van der Waals surface area contributed by atoms with Gasteiger partial charge in [-0.2, -0.15) is 0 Å². The third kappa shape index (κ3) is 5.65. The van der Waals surface area contributed by atoms with Gasteiger partial charge < -0.3 is 4.57 Å². The highest BCUT2D eigenvalue weighted by Crippen LogP contribution is 2.39. The van der Waals surface area contributed by atoms with Gasteiger partial charge in [0.1, 0.15) is 5.01 Å². The highest BCUT2D eigenvalue weighted by molar-refractivity contribution is 7.21. The molecule has 2 atom stereocenters. The molecular formula is C49H36N4S. The second kappa shape index (κ2) is 13.5. The van der Waals surface area contributed by atoms with Crippen LogP contribution >= 0.6 is 11.3 Å². The van der Waals surface area contributed by atoms with Gasteiger partial charge in [-0.3, -0.25) is 4.99 Å². The lowest BCUT2D eigenvalue weighted by Gasteiger charge is -2.30. The Morgan fingerprint density at radius 1 is 0.556 bits per heavy atom. The number of para-hydroxylation sites is 2. The molecule has 0 spiro atoms. The molecule has 10 rings (SSSR count). The Hall–Kier alpha value is -6.43. The average Bonchev–Trinajstić information content (AvgIpc) is 3.83. The average molecular weight is 713 g/mol. The van der Waals surface area contributed by atoms with Crippen LogP contribution in [0.1, 0.15) is 36.1 Å². The number of thiazole rings is 1. The molecule has 4 nitrogen and oxygen atoms in total. The van der Waals surface area contributed by atoms with Crippen molar-refractivity contribution in [3.05, 3.63) is 193 Å². The molecule has 1 aliphatic rings. The largest absolute Gasteiger partial charge is 0.309 e. The van der Waals surface area contributed by atoms with Crippen molar-refractivity contribution in [2.75, 3.05) is 0 Å². The standard InChI is InChI=1S/C49H36N4S/c1-2-39-46(33-16-7-4-8-17-33)51-48(36-19-13-18-35(30-36)32-14-5-3-6-15-32)52-47(39)34-24-27-38(28-25-34)53-43-22-11-9-20-40(43)41-29-26-37(31-44(41)53)49-50-42-21-10-12-23-45(42)54-49/h3-31,39,46H,2H2,1H3. The molecule has 2 aromatic heterocycles. The van der Waals surface area contributed by atoms with Crippen LogP contribution in [-0.2, 0) is 0 Å². The Bertz CT molecular complexity index is 2830. The highest BCUT2D eigenvalue weighted by atomic mass is 32.1. The van der Waals surface area contributed by atoms with Gasteiger partial charge >= 0.3 is 0 Å². The van der Waals surface area contributed by atoms with Gasteiger partial charge in [-0.15, -0.1) is 11.3 Å². The first-order valence-electron chi connectivity index (χ1n) is 18.6. The first-order valence-corrected chi connectivity index (χ1v) is 19.4. The molecule has 0 fully saturated rings. The van der Waals surface area contributed by atoms with Gasteiger partial charge in [-0.05, 0) is 71.1 Å². The van der Waals surface area contributed by atoms with Crippen molar-refractivity contribution in [3.63, 3.8) is 0 Å². The lowest BCUT2D eigenvalue weighted by atomic mass is 9.83. The van der Waals surface area contributed by atoms with Crippen molar-refractivity contribution < 1.29 is 0 Å². The topological polar surface area (TPSA) is 42.5 Å². The van der Waals surface area contributed by atoms with Crippen LogP contribution in [0, 0.1) is 5.92 Å². The number of amidine groups is 1. The van der Waals surface area contributed by atoms with E-state index < -0.39 is 0 Å². The Morgan fingerprint density at radius 2 is 1.24 bits per heavy atom. The highest BCUT2D eigenvalue weighted by Gasteiger charge is 2.32. The van der Waals surface area contributed by atoms with Crippen molar-refractivity contribution in [1.82, 2.24) is 9.55 Å². The van der Waals surface area contributed by atoms with E-state index in [1.165, 1.54) is 37.6 Å². The van der Waals surface area contributed by atoms with Crippen molar-refractivity contribution in [3.8, 4) is 27.4 Å². The molecule has 0 N–H and O–H groups in total. The number of hydrogen-bond donors (Lipinski definition) is 0. The van der Waals surface area contributed by atoms with Gasteiger partial charge in [0.15, 0.2) is 5.84 Å². The van der Waals surface area contributed by atoms with Crippen LogP contribution in [0.25, 0.3) is 59.4 Å². The maximum absolute atomic E-state index is 5.39. The van der Waals surface area contributed by atoms with E-state index in [0.717, 1.165) is 56.4 Å². The summed E-state index contributed by atoms with van der Waals surface area (Å²) in [6.45, 7) is 2.25. The zero-order chi connectivity index (χ0) is 36.0. The molecule has 258 valence electrons. The van der Waals surface area contributed by atoms with E-state index in [4.69, 9.17) is 15.0 Å². The lowest BCUT2D eigenvalue weighted by Crippen LogP contribution is -2.28. The van der Waals surface area contributed by atoms with Crippen LogP contribution in [0.15, 0.2) is 186 Å². The maximum atomic E-state index is 5.39. The second-order valence-corrected chi connectivity index (χ2v) is 14.9. The molecule has 0 amide bonds. The third-order valence-corrected chi connectivity index (χ3v) is 11.8.